The van der Waals surface area contributed by atoms with E-state index < -0.39 is 22.2 Å². The normalized spacial score (nSPS) is 13.1. The molecular formula is C27H29N3O4S. The van der Waals surface area contributed by atoms with Gasteiger partial charge in [0, 0.05) is 0 Å². The number of hydrogen-bond donors (Lipinski definition) is 2. The molecular weight excluding hydrogens is 462 g/mol. The van der Waals surface area contributed by atoms with E-state index in [1.54, 1.807) is 12.1 Å². The highest BCUT2D eigenvalue weighted by Crippen LogP contribution is 2.31. The van der Waals surface area contributed by atoms with Gasteiger partial charge in [0.2, 0.25) is 15.9 Å². The third kappa shape index (κ3) is 7.23. The molecule has 0 aromatic heterocycles. The Bertz CT molecular complexity index is 1270. The first-order chi connectivity index (χ1) is 16.7. The fourth-order valence-electron chi connectivity index (χ4n) is 3.72. The molecule has 3 aromatic carbocycles. The topological polar surface area (TPSA) is 122 Å². The molecule has 2 atom stereocenters. The number of sulfonamides is 1. The molecule has 0 bridgehead atoms. The standard InChI is InChI=1S/C27H29N3O4S/c1-19(2)18-25(27(31)30-17-16-28)34-26(22-6-4-3-5-7-22)23-10-8-20(9-11-23)21-12-14-24(15-13-21)35(29,32)33/h3-15,19,25-26H,17-18H2,1-2H3,(H,30,31)(H2,29,32,33)/t25-,26?/m0/s1. The molecule has 3 N–H and O–H groups in total. The van der Waals surface area contributed by atoms with Crippen LogP contribution in [0, 0.1) is 17.2 Å². The molecule has 182 valence electrons. The predicted molar refractivity (Wildman–Crippen MR) is 134 cm³/mol. The third-order valence-electron chi connectivity index (χ3n) is 5.45. The number of carbonyl (C=O) groups excluding carboxylic acids is 1. The van der Waals surface area contributed by atoms with Crippen molar-refractivity contribution in [3.05, 3.63) is 90.0 Å². The molecule has 1 unspecified atom stereocenters. The van der Waals surface area contributed by atoms with E-state index in [-0.39, 0.29) is 23.3 Å². The molecule has 0 heterocycles. The number of nitrogens with zero attached hydrogens (tertiary/aromatic N) is 1. The van der Waals surface area contributed by atoms with Crippen molar-refractivity contribution in [3.63, 3.8) is 0 Å². The zero-order valence-electron chi connectivity index (χ0n) is 19.7. The number of ether oxygens (including phenoxy) is 1. The van der Waals surface area contributed by atoms with Crippen molar-refractivity contribution < 1.29 is 17.9 Å². The van der Waals surface area contributed by atoms with Crippen molar-refractivity contribution in [2.75, 3.05) is 6.54 Å². The van der Waals surface area contributed by atoms with Gasteiger partial charge < -0.3 is 10.1 Å². The van der Waals surface area contributed by atoms with Gasteiger partial charge in [0.1, 0.15) is 18.8 Å². The van der Waals surface area contributed by atoms with Gasteiger partial charge in [0.05, 0.1) is 11.0 Å². The summed E-state index contributed by atoms with van der Waals surface area (Å²) in [5.41, 5.74) is 3.50. The second-order valence-corrected chi connectivity index (χ2v) is 10.2. The molecule has 8 heteroatoms. The van der Waals surface area contributed by atoms with Gasteiger partial charge >= 0.3 is 0 Å². The molecule has 0 radical (unpaired) electrons. The number of amides is 1. The average molecular weight is 492 g/mol. The van der Waals surface area contributed by atoms with Gasteiger partial charge in [-0.15, -0.1) is 0 Å². The van der Waals surface area contributed by atoms with Crippen LogP contribution >= 0.6 is 0 Å². The van der Waals surface area contributed by atoms with Crippen LogP contribution in [0.25, 0.3) is 11.1 Å². The quantitative estimate of drug-likeness (QED) is 0.412. The number of primary sulfonamides is 1. The summed E-state index contributed by atoms with van der Waals surface area (Å²) < 4.78 is 29.4. The van der Waals surface area contributed by atoms with Crippen LogP contribution in [0.4, 0.5) is 0 Å². The maximum Gasteiger partial charge on any atom is 0.250 e. The highest BCUT2D eigenvalue weighted by atomic mass is 32.2. The van der Waals surface area contributed by atoms with E-state index in [0.717, 1.165) is 22.3 Å². The first-order valence-electron chi connectivity index (χ1n) is 11.3. The van der Waals surface area contributed by atoms with E-state index in [2.05, 4.69) is 5.32 Å². The molecule has 0 aliphatic heterocycles. The van der Waals surface area contributed by atoms with Gasteiger partial charge in [0.25, 0.3) is 0 Å². The van der Waals surface area contributed by atoms with E-state index in [0.29, 0.717) is 6.42 Å². The van der Waals surface area contributed by atoms with Crippen LogP contribution in [-0.4, -0.2) is 27.0 Å². The lowest BCUT2D eigenvalue weighted by Gasteiger charge is -2.26. The second-order valence-electron chi connectivity index (χ2n) is 8.61. The lowest BCUT2D eigenvalue weighted by Crippen LogP contribution is -2.38. The van der Waals surface area contributed by atoms with Gasteiger partial charge in [-0.25, -0.2) is 13.6 Å². The minimum atomic E-state index is -3.75. The number of nitrogens with one attached hydrogen (secondary N) is 1. The Labute approximate surface area is 206 Å². The minimum absolute atomic E-state index is 0.0567. The molecule has 35 heavy (non-hydrogen) atoms. The summed E-state index contributed by atoms with van der Waals surface area (Å²) in [6, 6.07) is 25.7. The summed E-state index contributed by atoms with van der Waals surface area (Å²) >= 11 is 0. The number of rotatable bonds is 10. The van der Waals surface area contributed by atoms with Crippen LogP contribution in [0.3, 0.4) is 0 Å². The zero-order chi connectivity index (χ0) is 25.4. The Morgan fingerprint density at radius 3 is 2.00 bits per heavy atom. The van der Waals surface area contributed by atoms with Crippen molar-refractivity contribution in [1.82, 2.24) is 5.32 Å². The van der Waals surface area contributed by atoms with E-state index >= 15 is 0 Å². The molecule has 7 nitrogen and oxygen atoms in total. The van der Waals surface area contributed by atoms with E-state index in [9.17, 15) is 13.2 Å². The molecule has 1 amide bonds. The monoisotopic (exact) mass is 491 g/mol. The SMILES string of the molecule is CC(C)C[C@H](OC(c1ccccc1)c1ccc(-c2ccc(S(N)(=O)=O)cc2)cc1)C(=O)NCC#N. The Morgan fingerprint density at radius 2 is 1.49 bits per heavy atom. The number of nitriles is 1. The van der Waals surface area contributed by atoms with Crippen molar-refractivity contribution in [2.24, 2.45) is 11.1 Å². The van der Waals surface area contributed by atoms with Gasteiger partial charge in [-0.1, -0.05) is 80.6 Å². The number of hydrogen-bond acceptors (Lipinski definition) is 5. The lowest BCUT2D eigenvalue weighted by atomic mass is 9.97. The first-order valence-corrected chi connectivity index (χ1v) is 12.8. The van der Waals surface area contributed by atoms with Crippen LogP contribution in [0.15, 0.2) is 83.8 Å². The van der Waals surface area contributed by atoms with Crippen molar-refractivity contribution in [3.8, 4) is 17.2 Å². The average Bonchev–Trinajstić information content (AvgIpc) is 2.85. The van der Waals surface area contributed by atoms with Crippen LogP contribution in [0.1, 0.15) is 37.5 Å². The highest BCUT2D eigenvalue weighted by Gasteiger charge is 2.26. The van der Waals surface area contributed by atoms with Gasteiger partial charge in [-0.2, -0.15) is 5.26 Å². The fraction of sp³-hybridized carbons (Fsp3) is 0.259. The third-order valence-corrected chi connectivity index (χ3v) is 6.38. The summed E-state index contributed by atoms with van der Waals surface area (Å²) in [6.45, 7) is 3.95. The Balaban J connectivity index is 1.91. The van der Waals surface area contributed by atoms with Gasteiger partial charge in [-0.05, 0) is 46.7 Å². The van der Waals surface area contributed by atoms with Crippen molar-refractivity contribution in [1.29, 1.82) is 5.26 Å². The molecule has 0 saturated carbocycles. The molecule has 0 saturated heterocycles. The van der Waals surface area contributed by atoms with E-state index in [1.807, 2.05) is 74.5 Å². The number of benzene rings is 3. The summed E-state index contributed by atoms with van der Waals surface area (Å²) in [5.74, 6) is -0.0975. The van der Waals surface area contributed by atoms with Crippen LogP contribution < -0.4 is 10.5 Å². The molecule has 3 rings (SSSR count). The first kappa shape index (κ1) is 26.1. The highest BCUT2D eigenvalue weighted by molar-refractivity contribution is 7.89. The maximum atomic E-state index is 12.7. The molecule has 0 aliphatic carbocycles. The minimum Gasteiger partial charge on any atom is -0.356 e. The Hall–Kier alpha value is -3.51. The Kier molecular flexibility index (Phi) is 8.77. The number of carbonyl (C=O) groups is 1. The van der Waals surface area contributed by atoms with E-state index in [4.69, 9.17) is 15.1 Å². The molecule has 0 spiro atoms. The van der Waals surface area contributed by atoms with Crippen LogP contribution in [0.5, 0.6) is 0 Å². The predicted octanol–water partition coefficient (Wildman–Crippen LogP) is 4.16. The maximum absolute atomic E-state index is 12.7. The lowest BCUT2D eigenvalue weighted by molar-refractivity contribution is -0.136. The fourth-order valence-corrected chi connectivity index (χ4v) is 4.24. The van der Waals surface area contributed by atoms with Gasteiger partial charge in [-0.3, -0.25) is 4.79 Å². The van der Waals surface area contributed by atoms with Crippen LogP contribution in [-0.2, 0) is 19.6 Å². The van der Waals surface area contributed by atoms with Crippen LogP contribution in [0.2, 0.25) is 0 Å². The van der Waals surface area contributed by atoms with E-state index in [1.165, 1.54) is 12.1 Å². The van der Waals surface area contributed by atoms with Crippen molar-refractivity contribution >= 4 is 15.9 Å². The molecule has 0 aliphatic rings. The van der Waals surface area contributed by atoms with Gasteiger partial charge in [0.15, 0.2) is 0 Å². The summed E-state index contributed by atoms with van der Waals surface area (Å²) in [6.07, 6.45) is -0.708. The zero-order valence-corrected chi connectivity index (χ0v) is 20.5. The second kappa shape index (κ2) is 11.8. The largest absolute Gasteiger partial charge is 0.356 e. The Morgan fingerprint density at radius 1 is 0.943 bits per heavy atom. The summed E-state index contributed by atoms with van der Waals surface area (Å²) in [5, 5.41) is 16.7. The summed E-state index contributed by atoms with van der Waals surface area (Å²) in [7, 11) is -3.75. The smallest absolute Gasteiger partial charge is 0.250 e. The van der Waals surface area contributed by atoms with Crippen molar-refractivity contribution in [2.45, 2.75) is 37.4 Å². The molecule has 0 fully saturated rings. The summed E-state index contributed by atoms with van der Waals surface area (Å²) in [4.78, 5) is 12.8. The molecule has 3 aromatic rings. The number of nitrogens with two attached hydrogens (primary N) is 1.